The van der Waals surface area contributed by atoms with Crippen LogP contribution in [0.5, 0.6) is 11.5 Å². The van der Waals surface area contributed by atoms with Crippen molar-refractivity contribution < 1.29 is 13.9 Å². The summed E-state index contributed by atoms with van der Waals surface area (Å²) < 4.78 is 25.9. The molecule has 0 fully saturated rings. The molecule has 0 bridgehead atoms. The van der Waals surface area contributed by atoms with Crippen LogP contribution < -0.4 is 14.8 Å². The molecular weight excluding hydrogens is 403 g/mol. The zero-order valence-corrected chi connectivity index (χ0v) is 15.2. The van der Waals surface area contributed by atoms with Gasteiger partial charge in [-0.15, -0.1) is 5.10 Å². The molecule has 2 heterocycles. The second kappa shape index (κ2) is 6.82. The number of halogens is 3. The van der Waals surface area contributed by atoms with Gasteiger partial charge in [0.05, 0.1) is 24.9 Å². The Balaban J connectivity index is 1.94. The summed E-state index contributed by atoms with van der Waals surface area (Å²) in [6.07, 6.45) is 1.23. The van der Waals surface area contributed by atoms with Gasteiger partial charge >= 0.3 is 0 Å². The lowest BCUT2D eigenvalue weighted by Crippen LogP contribution is -2.06. The molecule has 0 saturated carbocycles. The van der Waals surface area contributed by atoms with E-state index in [-0.39, 0.29) is 9.76 Å². The molecule has 24 heavy (non-hydrogen) atoms. The SMILES string of the molecule is COc1ccc(CNc2nc(Cl)nn3cc(F)c(Br)c23)c(OC)c1. The van der Waals surface area contributed by atoms with Crippen molar-refractivity contribution in [3.63, 3.8) is 0 Å². The third-order valence-electron chi connectivity index (χ3n) is 3.44. The Bertz CT molecular complexity index is 903. The maximum Gasteiger partial charge on any atom is 0.243 e. The second-order valence-electron chi connectivity index (χ2n) is 4.84. The summed E-state index contributed by atoms with van der Waals surface area (Å²) in [6.45, 7) is 0.398. The number of aromatic nitrogens is 3. The van der Waals surface area contributed by atoms with Gasteiger partial charge in [-0.25, -0.2) is 8.91 Å². The number of hydrogen-bond acceptors (Lipinski definition) is 5. The molecule has 0 unspecified atom stereocenters. The Morgan fingerprint density at radius 2 is 2.12 bits per heavy atom. The maximum atomic E-state index is 13.8. The summed E-state index contributed by atoms with van der Waals surface area (Å²) >= 11 is 9.10. The minimum atomic E-state index is -0.448. The van der Waals surface area contributed by atoms with Crippen LogP contribution in [-0.2, 0) is 6.54 Å². The van der Waals surface area contributed by atoms with Crippen molar-refractivity contribution >= 4 is 38.9 Å². The first kappa shape index (κ1) is 16.8. The van der Waals surface area contributed by atoms with Crippen molar-refractivity contribution in [1.82, 2.24) is 14.6 Å². The van der Waals surface area contributed by atoms with Crippen molar-refractivity contribution in [2.75, 3.05) is 19.5 Å². The van der Waals surface area contributed by atoms with Crippen LogP contribution in [0.15, 0.2) is 28.9 Å². The highest BCUT2D eigenvalue weighted by atomic mass is 79.9. The molecule has 3 rings (SSSR count). The van der Waals surface area contributed by atoms with E-state index in [9.17, 15) is 4.39 Å². The van der Waals surface area contributed by atoms with Crippen LogP contribution in [0.3, 0.4) is 0 Å². The Kier molecular flexibility index (Phi) is 4.77. The Morgan fingerprint density at radius 1 is 1.33 bits per heavy atom. The van der Waals surface area contributed by atoms with E-state index in [1.54, 1.807) is 20.3 Å². The summed E-state index contributed by atoms with van der Waals surface area (Å²) in [5.74, 6) is 1.32. The van der Waals surface area contributed by atoms with E-state index >= 15 is 0 Å². The van der Waals surface area contributed by atoms with Gasteiger partial charge in [0.15, 0.2) is 11.6 Å². The average Bonchev–Trinajstić information content (AvgIpc) is 2.86. The second-order valence-corrected chi connectivity index (χ2v) is 5.98. The van der Waals surface area contributed by atoms with Gasteiger partial charge in [0.2, 0.25) is 5.28 Å². The maximum absolute atomic E-state index is 13.8. The number of rotatable bonds is 5. The molecule has 0 aliphatic heterocycles. The zero-order chi connectivity index (χ0) is 17.3. The number of fused-ring (bicyclic) bond motifs is 1. The molecule has 0 spiro atoms. The lowest BCUT2D eigenvalue weighted by Gasteiger charge is -2.12. The summed E-state index contributed by atoms with van der Waals surface area (Å²) in [6, 6.07) is 5.49. The fourth-order valence-electron chi connectivity index (χ4n) is 2.29. The Labute approximate surface area is 150 Å². The predicted molar refractivity (Wildman–Crippen MR) is 92.5 cm³/mol. The van der Waals surface area contributed by atoms with Crippen LogP contribution in [-0.4, -0.2) is 28.8 Å². The molecule has 0 amide bonds. The third kappa shape index (κ3) is 3.11. The van der Waals surface area contributed by atoms with Crippen molar-refractivity contribution in [3.8, 4) is 11.5 Å². The third-order valence-corrected chi connectivity index (χ3v) is 4.36. The van der Waals surface area contributed by atoms with Gasteiger partial charge in [-0.2, -0.15) is 4.98 Å². The molecule has 0 saturated heterocycles. The van der Waals surface area contributed by atoms with Crippen molar-refractivity contribution in [2.45, 2.75) is 6.54 Å². The number of methoxy groups -OCH3 is 2. The minimum Gasteiger partial charge on any atom is -0.497 e. The average molecular weight is 416 g/mol. The molecule has 0 atom stereocenters. The molecule has 1 N–H and O–H groups in total. The number of hydrogen-bond donors (Lipinski definition) is 1. The van der Waals surface area contributed by atoms with Crippen LogP contribution in [0.4, 0.5) is 10.2 Å². The van der Waals surface area contributed by atoms with Crippen LogP contribution in [0, 0.1) is 5.82 Å². The van der Waals surface area contributed by atoms with Crippen LogP contribution in [0.25, 0.3) is 5.52 Å². The molecule has 0 radical (unpaired) electrons. The molecule has 6 nitrogen and oxygen atoms in total. The van der Waals surface area contributed by atoms with Crippen LogP contribution >= 0.6 is 27.5 Å². The van der Waals surface area contributed by atoms with E-state index in [0.717, 1.165) is 5.56 Å². The molecule has 2 aromatic heterocycles. The van der Waals surface area contributed by atoms with Gasteiger partial charge in [-0.05, 0) is 39.7 Å². The van der Waals surface area contributed by atoms with Gasteiger partial charge in [0.1, 0.15) is 17.0 Å². The van der Waals surface area contributed by atoms with E-state index in [0.29, 0.717) is 29.4 Å². The Hall–Kier alpha value is -2.06. The number of ether oxygens (including phenoxy) is 2. The normalized spacial score (nSPS) is 10.9. The number of anilines is 1. The molecule has 9 heteroatoms. The lowest BCUT2D eigenvalue weighted by molar-refractivity contribution is 0.391. The summed E-state index contributed by atoms with van der Waals surface area (Å²) in [5.41, 5.74) is 1.35. The van der Waals surface area contributed by atoms with Crippen molar-refractivity contribution in [3.05, 3.63) is 45.5 Å². The molecule has 0 aliphatic carbocycles. The van der Waals surface area contributed by atoms with Gasteiger partial charge < -0.3 is 14.8 Å². The first-order valence-electron chi connectivity index (χ1n) is 6.88. The van der Waals surface area contributed by atoms with E-state index in [1.165, 1.54) is 10.7 Å². The van der Waals surface area contributed by atoms with E-state index in [2.05, 4.69) is 31.3 Å². The standard InChI is InChI=1S/C15H13BrClFN4O2/c1-23-9-4-3-8(11(5-9)24-2)6-19-14-13-12(16)10(18)7-22(13)21-15(17)20-14/h3-5,7H,6H2,1-2H3,(H,19,20,21). The summed E-state index contributed by atoms with van der Waals surface area (Å²) in [7, 11) is 3.17. The highest BCUT2D eigenvalue weighted by molar-refractivity contribution is 9.10. The van der Waals surface area contributed by atoms with E-state index < -0.39 is 5.82 Å². The fraction of sp³-hybridized carbons (Fsp3) is 0.200. The van der Waals surface area contributed by atoms with Crippen molar-refractivity contribution in [1.29, 1.82) is 0 Å². The van der Waals surface area contributed by atoms with Gasteiger partial charge in [-0.3, -0.25) is 0 Å². The van der Waals surface area contributed by atoms with Gasteiger partial charge in [0, 0.05) is 18.2 Å². The molecule has 1 aromatic carbocycles. The number of nitrogens with one attached hydrogen (secondary N) is 1. The van der Waals surface area contributed by atoms with E-state index in [4.69, 9.17) is 21.1 Å². The predicted octanol–water partition coefficient (Wildman–Crippen LogP) is 3.91. The number of benzene rings is 1. The lowest BCUT2D eigenvalue weighted by atomic mass is 10.2. The highest BCUT2D eigenvalue weighted by Gasteiger charge is 2.16. The van der Waals surface area contributed by atoms with E-state index in [1.807, 2.05) is 12.1 Å². The quantitative estimate of drug-likeness (QED) is 0.684. The monoisotopic (exact) mass is 414 g/mol. The van der Waals surface area contributed by atoms with Crippen molar-refractivity contribution in [2.24, 2.45) is 0 Å². The number of nitrogens with zero attached hydrogens (tertiary/aromatic N) is 3. The van der Waals surface area contributed by atoms with Gasteiger partial charge in [-0.1, -0.05) is 0 Å². The topological polar surface area (TPSA) is 60.7 Å². The molecule has 0 aliphatic rings. The minimum absolute atomic E-state index is 0.00851. The highest BCUT2D eigenvalue weighted by Crippen LogP contribution is 2.30. The van der Waals surface area contributed by atoms with Crippen LogP contribution in [0.1, 0.15) is 5.56 Å². The molecular formula is C15H13BrClFN4O2. The zero-order valence-electron chi connectivity index (χ0n) is 12.8. The van der Waals surface area contributed by atoms with Crippen LogP contribution in [0.2, 0.25) is 5.28 Å². The largest absolute Gasteiger partial charge is 0.497 e. The molecule has 3 aromatic rings. The summed E-state index contributed by atoms with van der Waals surface area (Å²) in [5, 5.41) is 7.09. The molecule has 126 valence electrons. The first-order valence-corrected chi connectivity index (χ1v) is 8.05. The Morgan fingerprint density at radius 3 is 2.83 bits per heavy atom. The smallest absolute Gasteiger partial charge is 0.243 e. The fourth-order valence-corrected chi connectivity index (χ4v) is 2.93. The summed E-state index contributed by atoms with van der Waals surface area (Å²) in [4.78, 5) is 4.14. The first-order chi connectivity index (χ1) is 11.5. The van der Waals surface area contributed by atoms with Gasteiger partial charge in [0.25, 0.3) is 0 Å².